The van der Waals surface area contributed by atoms with Gasteiger partial charge in [-0.3, -0.25) is 4.90 Å². The lowest BCUT2D eigenvalue weighted by Gasteiger charge is -2.34. The number of hydrogen-bond acceptors (Lipinski definition) is 3. The molecule has 0 saturated carbocycles. The van der Waals surface area contributed by atoms with Crippen LogP contribution in [0.4, 0.5) is 10.5 Å². The molecule has 0 atom stereocenters. The number of urea groups is 1. The summed E-state index contributed by atoms with van der Waals surface area (Å²) < 4.78 is 0.830. The number of thiophene rings is 1. The molecule has 0 unspecified atom stereocenters. The molecule has 3 rings (SSSR count). The number of hydrogen-bond donors (Lipinski definition) is 1. The average Bonchev–Trinajstić information content (AvgIpc) is 2.97. The Balaban J connectivity index is 1.52. The van der Waals surface area contributed by atoms with E-state index in [1.165, 1.54) is 10.4 Å². The molecule has 1 saturated heterocycles. The number of amides is 2. The Bertz CT molecular complexity index is 723. The van der Waals surface area contributed by atoms with E-state index in [4.69, 9.17) is 11.6 Å². The topological polar surface area (TPSA) is 35.6 Å². The second-order valence-corrected chi connectivity index (χ2v) is 7.95. The molecule has 2 amide bonds. The van der Waals surface area contributed by atoms with Crippen molar-refractivity contribution >= 4 is 34.7 Å². The van der Waals surface area contributed by atoms with Crippen molar-refractivity contribution in [2.45, 2.75) is 20.4 Å². The van der Waals surface area contributed by atoms with Crippen LogP contribution in [0.3, 0.4) is 0 Å². The molecule has 2 heterocycles. The number of aryl methyl sites for hydroxylation is 1. The lowest BCUT2D eigenvalue weighted by atomic mass is 10.1. The van der Waals surface area contributed by atoms with Crippen LogP contribution >= 0.6 is 22.9 Å². The Kier molecular flexibility index (Phi) is 5.43. The van der Waals surface area contributed by atoms with E-state index in [0.29, 0.717) is 0 Å². The van der Waals surface area contributed by atoms with E-state index in [-0.39, 0.29) is 6.03 Å². The largest absolute Gasteiger partial charge is 0.322 e. The van der Waals surface area contributed by atoms with Gasteiger partial charge in [0.2, 0.25) is 0 Å². The second kappa shape index (κ2) is 7.55. The summed E-state index contributed by atoms with van der Waals surface area (Å²) in [5.74, 6) is 0. The van der Waals surface area contributed by atoms with Gasteiger partial charge < -0.3 is 10.2 Å². The van der Waals surface area contributed by atoms with E-state index in [1.807, 2.05) is 30.0 Å². The monoisotopic (exact) mass is 363 g/mol. The highest BCUT2D eigenvalue weighted by Gasteiger charge is 2.21. The first-order chi connectivity index (χ1) is 11.5. The van der Waals surface area contributed by atoms with Gasteiger partial charge in [-0.1, -0.05) is 23.7 Å². The van der Waals surface area contributed by atoms with Crippen molar-refractivity contribution in [3.8, 4) is 0 Å². The number of halogens is 1. The third-order valence-electron chi connectivity index (χ3n) is 4.51. The molecule has 6 heteroatoms. The molecule has 2 aromatic rings. The summed E-state index contributed by atoms with van der Waals surface area (Å²) >= 11 is 7.61. The van der Waals surface area contributed by atoms with Gasteiger partial charge in [-0.25, -0.2) is 4.79 Å². The van der Waals surface area contributed by atoms with Crippen LogP contribution in [0, 0.1) is 13.8 Å². The molecule has 1 aliphatic rings. The van der Waals surface area contributed by atoms with E-state index < -0.39 is 0 Å². The maximum absolute atomic E-state index is 12.5. The number of nitrogens with one attached hydrogen (secondary N) is 1. The van der Waals surface area contributed by atoms with Crippen LogP contribution in [-0.2, 0) is 6.54 Å². The number of nitrogens with zero attached hydrogens (tertiary/aromatic N) is 2. The van der Waals surface area contributed by atoms with Gasteiger partial charge in [0.15, 0.2) is 0 Å². The third kappa shape index (κ3) is 4.09. The van der Waals surface area contributed by atoms with Crippen LogP contribution < -0.4 is 5.32 Å². The van der Waals surface area contributed by atoms with Gasteiger partial charge in [0.05, 0.1) is 4.34 Å². The van der Waals surface area contributed by atoms with E-state index in [1.54, 1.807) is 11.3 Å². The first-order valence-electron chi connectivity index (χ1n) is 8.11. The molecule has 24 heavy (non-hydrogen) atoms. The zero-order valence-corrected chi connectivity index (χ0v) is 15.6. The molecule has 0 radical (unpaired) electrons. The number of anilines is 1. The van der Waals surface area contributed by atoms with Crippen molar-refractivity contribution in [1.29, 1.82) is 0 Å². The van der Waals surface area contributed by atoms with Crippen LogP contribution in [0.25, 0.3) is 0 Å². The van der Waals surface area contributed by atoms with E-state index in [9.17, 15) is 4.79 Å². The number of carbonyl (C=O) groups excluding carboxylic acids is 1. The molecule has 1 aliphatic heterocycles. The summed E-state index contributed by atoms with van der Waals surface area (Å²) in [7, 11) is 0. The second-order valence-electron chi connectivity index (χ2n) is 6.15. The first kappa shape index (κ1) is 17.3. The third-order valence-corrected chi connectivity index (χ3v) is 5.73. The summed E-state index contributed by atoms with van der Waals surface area (Å²) in [5.41, 5.74) is 3.21. The molecule has 1 fully saturated rings. The Hall–Kier alpha value is -1.56. The zero-order chi connectivity index (χ0) is 17.1. The number of rotatable bonds is 3. The lowest BCUT2D eigenvalue weighted by molar-refractivity contribution is 0.143. The SMILES string of the molecule is Cc1cccc(NC(=O)N2CCN(Cc3ccc(Cl)s3)CC2)c1C. The van der Waals surface area contributed by atoms with E-state index >= 15 is 0 Å². The van der Waals surface area contributed by atoms with Crippen LogP contribution in [0.15, 0.2) is 30.3 Å². The highest BCUT2D eigenvalue weighted by molar-refractivity contribution is 7.16. The molecular weight excluding hydrogens is 342 g/mol. The van der Waals surface area contributed by atoms with Crippen LogP contribution in [0.1, 0.15) is 16.0 Å². The first-order valence-corrected chi connectivity index (χ1v) is 9.31. The standard InChI is InChI=1S/C18H22ClN3OS/c1-13-4-3-5-16(14(13)2)20-18(23)22-10-8-21(9-11-22)12-15-6-7-17(19)24-15/h3-7H,8-12H2,1-2H3,(H,20,23). The average molecular weight is 364 g/mol. The minimum absolute atomic E-state index is 0.0116. The molecule has 4 nitrogen and oxygen atoms in total. The van der Waals surface area contributed by atoms with Crippen molar-refractivity contribution in [2.75, 3.05) is 31.5 Å². The molecule has 0 bridgehead atoms. The highest BCUT2D eigenvalue weighted by atomic mass is 35.5. The maximum atomic E-state index is 12.5. The van der Waals surface area contributed by atoms with Crippen molar-refractivity contribution in [1.82, 2.24) is 9.80 Å². The Labute approximate surface area is 152 Å². The van der Waals surface area contributed by atoms with Gasteiger partial charge in [-0.15, -0.1) is 11.3 Å². The quantitative estimate of drug-likeness (QED) is 0.878. The van der Waals surface area contributed by atoms with Gasteiger partial charge in [0.1, 0.15) is 0 Å². The van der Waals surface area contributed by atoms with Crippen molar-refractivity contribution < 1.29 is 4.79 Å². The van der Waals surface area contributed by atoms with Crippen LogP contribution in [-0.4, -0.2) is 42.0 Å². The minimum Gasteiger partial charge on any atom is -0.322 e. The molecule has 1 aromatic carbocycles. The molecule has 1 aromatic heterocycles. The molecule has 128 valence electrons. The molecule has 0 spiro atoms. The summed E-state index contributed by atoms with van der Waals surface area (Å²) in [6, 6.07) is 9.99. The fourth-order valence-corrected chi connectivity index (χ4v) is 3.98. The van der Waals surface area contributed by atoms with Gasteiger partial charge in [-0.2, -0.15) is 0 Å². The molecular formula is C18H22ClN3OS. The van der Waals surface area contributed by atoms with Crippen molar-refractivity contribution in [2.24, 2.45) is 0 Å². The van der Waals surface area contributed by atoms with Crippen LogP contribution in [0.2, 0.25) is 4.34 Å². The summed E-state index contributed by atoms with van der Waals surface area (Å²) in [4.78, 5) is 18.0. The summed E-state index contributed by atoms with van der Waals surface area (Å²) in [6.45, 7) is 8.26. The predicted molar refractivity (Wildman–Crippen MR) is 101 cm³/mol. The maximum Gasteiger partial charge on any atom is 0.321 e. The Morgan fingerprint density at radius 2 is 1.92 bits per heavy atom. The van der Waals surface area contributed by atoms with Crippen molar-refractivity contribution in [3.63, 3.8) is 0 Å². The molecule has 0 aliphatic carbocycles. The van der Waals surface area contributed by atoms with E-state index in [0.717, 1.165) is 48.3 Å². The van der Waals surface area contributed by atoms with Gasteiger partial charge in [0.25, 0.3) is 0 Å². The summed E-state index contributed by atoms with van der Waals surface area (Å²) in [5, 5.41) is 3.04. The predicted octanol–water partition coefficient (Wildman–Crippen LogP) is 4.37. The normalized spacial score (nSPS) is 15.5. The highest BCUT2D eigenvalue weighted by Crippen LogP contribution is 2.23. The number of carbonyl (C=O) groups is 1. The van der Waals surface area contributed by atoms with Crippen molar-refractivity contribution in [3.05, 3.63) is 50.7 Å². The fourth-order valence-electron chi connectivity index (χ4n) is 2.85. The smallest absolute Gasteiger partial charge is 0.321 e. The zero-order valence-electron chi connectivity index (χ0n) is 14.0. The van der Waals surface area contributed by atoms with E-state index in [2.05, 4.69) is 29.3 Å². The fraction of sp³-hybridized carbons (Fsp3) is 0.389. The Morgan fingerprint density at radius 1 is 1.17 bits per heavy atom. The van der Waals surface area contributed by atoms with Crippen LogP contribution in [0.5, 0.6) is 0 Å². The minimum atomic E-state index is -0.0116. The van der Waals surface area contributed by atoms with Gasteiger partial charge in [0, 0.05) is 43.3 Å². The van der Waals surface area contributed by atoms with Gasteiger partial charge >= 0.3 is 6.03 Å². The summed E-state index contributed by atoms with van der Waals surface area (Å²) in [6.07, 6.45) is 0. The number of benzene rings is 1. The molecule has 1 N–H and O–H groups in total. The lowest BCUT2D eigenvalue weighted by Crippen LogP contribution is -2.49. The van der Waals surface area contributed by atoms with Gasteiger partial charge in [-0.05, 0) is 43.2 Å². The number of piperazine rings is 1. The Morgan fingerprint density at radius 3 is 2.58 bits per heavy atom.